The minimum atomic E-state index is 0.818. The molecule has 0 amide bonds. The Kier molecular flexibility index (Phi) is 2.42. The molecule has 0 fully saturated rings. The summed E-state index contributed by atoms with van der Waals surface area (Å²) in [6.45, 7) is 0. The van der Waals surface area contributed by atoms with Gasteiger partial charge in [-0.3, -0.25) is 0 Å². The lowest BCUT2D eigenvalue weighted by Crippen LogP contribution is -1.94. The number of para-hydroxylation sites is 2. The molecule has 1 N–H and O–H groups in total. The molecule has 0 unspecified atom stereocenters. The number of nitrogens with zero attached hydrogens (tertiary/aromatic N) is 1. The zero-order valence-electron chi connectivity index (χ0n) is 10.7. The number of anilines is 2. The molecule has 0 spiro atoms. The van der Waals surface area contributed by atoms with Gasteiger partial charge in [0, 0.05) is 11.1 Å². The molecule has 3 nitrogen and oxygen atoms in total. The smallest absolute Gasteiger partial charge is 0.146 e. The fourth-order valence-electron chi connectivity index (χ4n) is 2.40. The second-order valence-electron chi connectivity index (χ2n) is 4.63. The third-order valence-corrected chi connectivity index (χ3v) is 3.34. The van der Waals surface area contributed by atoms with Gasteiger partial charge in [-0.1, -0.05) is 30.3 Å². The standard InChI is InChI=1S/C17H12N2O/c1-2-6-12(7-3-1)18-17-14-10-11-20-16(14)13-8-4-5-9-15(13)19-17/h1-11H,(H,18,19). The van der Waals surface area contributed by atoms with Crippen LogP contribution >= 0.6 is 0 Å². The molecule has 0 atom stereocenters. The van der Waals surface area contributed by atoms with Crippen molar-refractivity contribution < 1.29 is 4.42 Å². The van der Waals surface area contributed by atoms with Crippen LogP contribution in [0.4, 0.5) is 11.5 Å². The van der Waals surface area contributed by atoms with Gasteiger partial charge in [-0.15, -0.1) is 0 Å². The van der Waals surface area contributed by atoms with E-state index < -0.39 is 0 Å². The number of rotatable bonds is 2. The van der Waals surface area contributed by atoms with Crippen LogP contribution in [0, 0.1) is 0 Å². The van der Waals surface area contributed by atoms with Crippen molar-refractivity contribution in [3.05, 3.63) is 66.9 Å². The van der Waals surface area contributed by atoms with Crippen molar-refractivity contribution in [2.24, 2.45) is 0 Å². The second-order valence-corrected chi connectivity index (χ2v) is 4.63. The van der Waals surface area contributed by atoms with Crippen LogP contribution in [-0.4, -0.2) is 4.98 Å². The predicted molar refractivity (Wildman–Crippen MR) is 81.2 cm³/mol. The molecule has 0 radical (unpaired) electrons. The highest BCUT2D eigenvalue weighted by atomic mass is 16.3. The summed E-state index contributed by atoms with van der Waals surface area (Å²) in [5.41, 5.74) is 2.81. The van der Waals surface area contributed by atoms with Crippen LogP contribution in [0.1, 0.15) is 0 Å². The first kappa shape index (κ1) is 11.1. The molecule has 0 aliphatic heterocycles. The number of furan rings is 1. The summed E-state index contributed by atoms with van der Waals surface area (Å²) in [5.74, 6) is 0.818. The van der Waals surface area contributed by atoms with Crippen LogP contribution in [0.25, 0.3) is 21.9 Å². The average Bonchev–Trinajstić information content (AvgIpc) is 2.98. The maximum atomic E-state index is 5.63. The molecule has 0 aliphatic carbocycles. The fourth-order valence-corrected chi connectivity index (χ4v) is 2.40. The molecule has 3 heteroatoms. The van der Waals surface area contributed by atoms with Crippen molar-refractivity contribution in [2.45, 2.75) is 0 Å². The fraction of sp³-hybridized carbons (Fsp3) is 0. The molecule has 0 bridgehead atoms. The number of pyridine rings is 1. The summed E-state index contributed by atoms with van der Waals surface area (Å²) in [6, 6.07) is 20.0. The average molecular weight is 260 g/mol. The molecule has 2 aromatic heterocycles. The van der Waals surface area contributed by atoms with Crippen molar-refractivity contribution in [1.29, 1.82) is 0 Å². The Bertz CT molecular complexity index is 881. The number of fused-ring (bicyclic) bond motifs is 3. The van der Waals surface area contributed by atoms with Crippen molar-refractivity contribution in [3.8, 4) is 0 Å². The molecule has 2 aromatic carbocycles. The molecule has 4 aromatic rings. The van der Waals surface area contributed by atoms with E-state index in [4.69, 9.17) is 9.40 Å². The minimum absolute atomic E-state index is 0.818. The maximum Gasteiger partial charge on any atom is 0.146 e. The van der Waals surface area contributed by atoms with Crippen molar-refractivity contribution in [3.63, 3.8) is 0 Å². The lowest BCUT2D eigenvalue weighted by molar-refractivity contribution is 0.619. The number of nitrogens with one attached hydrogen (secondary N) is 1. The van der Waals surface area contributed by atoms with E-state index in [1.807, 2.05) is 60.7 Å². The SMILES string of the molecule is c1ccc(Nc2nc3ccccc3c3occc23)cc1. The van der Waals surface area contributed by atoms with Crippen molar-refractivity contribution in [1.82, 2.24) is 4.98 Å². The molecule has 96 valence electrons. The largest absolute Gasteiger partial charge is 0.463 e. The highest BCUT2D eigenvalue weighted by Crippen LogP contribution is 2.31. The molecule has 20 heavy (non-hydrogen) atoms. The van der Waals surface area contributed by atoms with E-state index in [9.17, 15) is 0 Å². The lowest BCUT2D eigenvalue weighted by atomic mass is 10.1. The van der Waals surface area contributed by atoms with Gasteiger partial charge in [0.15, 0.2) is 0 Å². The first-order valence-electron chi connectivity index (χ1n) is 6.50. The van der Waals surface area contributed by atoms with Gasteiger partial charge in [-0.25, -0.2) is 4.98 Å². The van der Waals surface area contributed by atoms with Crippen LogP contribution in [0.5, 0.6) is 0 Å². The Hall–Kier alpha value is -2.81. The highest BCUT2D eigenvalue weighted by Gasteiger charge is 2.10. The summed E-state index contributed by atoms with van der Waals surface area (Å²) in [6.07, 6.45) is 1.70. The first-order valence-corrected chi connectivity index (χ1v) is 6.50. The topological polar surface area (TPSA) is 38.1 Å². The van der Waals surface area contributed by atoms with E-state index in [-0.39, 0.29) is 0 Å². The third-order valence-electron chi connectivity index (χ3n) is 3.34. The van der Waals surface area contributed by atoms with Crippen LogP contribution in [0.15, 0.2) is 71.3 Å². The molecule has 0 aliphatic rings. The van der Waals surface area contributed by atoms with Crippen LogP contribution < -0.4 is 5.32 Å². The summed E-state index contributed by atoms with van der Waals surface area (Å²) >= 11 is 0. The first-order chi connectivity index (χ1) is 9.92. The number of aromatic nitrogens is 1. The molecule has 2 heterocycles. The minimum Gasteiger partial charge on any atom is -0.463 e. The van der Waals surface area contributed by atoms with Crippen LogP contribution in [0.3, 0.4) is 0 Å². The summed E-state index contributed by atoms with van der Waals surface area (Å²) in [4.78, 5) is 4.70. The van der Waals surface area contributed by atoms with Crippen LogP contribution in [-0.2, 0) is 0 Å². The second kappa shape index (κ2) is 4.38. The monoisotopic (exact) mass is 260 g/mol. The normalized spacial score (nSPS) is 11.0. The number of hydrogen-bond donors (Lipinski definition) is 1. The van der Waals surface area contributed by atoms with E-state index >= 15 is 0 Å². The van der Waals surface area contributed by atoms with Gasteiger partial charge in [0.2, 0.25) is 0 Å². The molecule has 4 rings (SSSR count). The number of benzene rings is 2. The Morgan fingerprint density at radius 2 is 1.60 bits per heavy atom. The Labute approximate surface area is 115 Å². The van der Waals surface area contributed by atoms with Gasteiger partial charge >= 0.3 is 0 Å². The summed E-state index contributed by atoms with van der Waals surface area (Å²) in [5, 5.41) is 5.38. The van der Waals surface area contributed by atoms with Gasteiger partial charge in [0.25, 0.3) is 0 Å². The van der Waals surface area contributed by atoms with Crippen molar-refractivity contribution >= 4 is 33.4 Å². The van der Waals surface area contributed by atoms with Gasteiger partial charge < -0.3 is 9.73 Å². The Balaban J connectivity index is 1.95. The Morgan fingerprint density at radius 1 is 0.800 bits per heavy atom. The van der Waals surface area contributed by atoms with E-state index in [1.165, 1.54) is 0 Å². The summed E-state index contributed by atoms with van der Waals surface area (Å²) in [7, 11) is 0. The lowest BCUT2D eigenvalue weighted by Gasteiger charge is -2.08. The van der Waals surface area contributed by atoms with Crippen LogP contribution in [0.2, 0.25) is 0 Å². The zero-order valence-corrected chi connectivity index (χ0v) is 10.7. The van der Waals surface area contributed by atoms with E-state index in [0.29, 0.717) is 0 Å². The van der Waals surface area contributed by atoms with E-state index in [0.717, 1.165) is 33.4 Å². The molecular formula is C17H12N2O. The van der Waals surface area contributed by atoms with Gasteiger partial charge in [0.1, 0.15) is 11.4 Å². The van der Waals surface area contributed by atoms with E-state index in [2.05, 4.69) is 5.32 Å². The third kappa shape index (κ3) is 1.72. The number of hydrogen-bond acceptors (Lipinski definition) is 3. The highest BCUT2D eigenvalue weighted by molar-refractivity contribution is 6.07. The Morgan fingerprint density at radius 3 is 2.50 bits per heavy atom. The molecule has 0 saturated carbocycles. The van der Waals surface area contributed by atoms with Gasteiger partial charge in [-0.05, 0) is 30.3 Å². The summed E-state index contributed by atoms with van der Waals surface area (Å²) < 4.78 is 5.63. The molecular weight excluding hydrogens is 248 g/mol. The van der Waals surface area contributed by atoms with Crippen molar-refractivity contribution in [2.75, 3.05) is 5.32 Å². The quantitative estimate of drug-likeness (QED) is 0.566. The van der Waals surface area contributed by atoms with Gasteiger partial charge in [0.05, 0.1) is 17.2 Å². The van der Waals surface area contributed by atoms with E-state index in [1.54, 1.807) is 6.26 Å². The van der Waals surface area contributed by atoms with Gasteiger partial charge in [-0.2, -0.15) is 0 Å². The molecule has 0 saturated heterocycles. The predicted octanol–water partition coefficient (Wildman–Crippen LogP) is 4.72. The zero-order chi connectivity index (χ0) is 13.4. The maximum absolute atomic E-state index is 5.63.